The highest BCUT2D eigenvalue weighted by molar-refractivity contribution is 6.27. The van der Waals surface area contributed by atoms with Crippen LogP contribution in [-0.2, 0) is 14.9 Å². The Balaban J connectivity index is 2.16. The van der Waals surface area contributed by atoms with Gasteiger partial charge in [-0.3, -0.25) is 14.4 Å². The van der Waals surface area contributed by atoms with Gasteiger partial charge in [0.2, 0.25) is 11.7 Å². The number of phenols is 1. The molecule has 3 atom stereocenters. The number of aromatic hydroxyl groups is 1. The number of amides is 1. The van der Waals surface area contributed by atoms with Crippen molar-refractivity contribution in [1.29, 1.82) is 0 Å². The number of benzene rings is 1. The number of carbonyl (C=O) groups is 3. The lowest BCUT2D eigenvalue weighted by molar-refractivity contribution is -0.114. The van der Waals surface area contributed by atoms with Gasteiger partial charge in [-0.25, -0.2) is 0 Å². The SMILES string of the molecule is COC1=C(C)C(=O)c2c(cc(O)c3c2O[C@H](C)[C@]3(C)[C@H](O)CC=C(C)C(N)=O)C1=O. The zero-order valence-corrected chi connectivity index (χ0v) is 17.5. The molecule has 0 bridgehead atoms. The molecule has 1 heterocycles. The molecule has 1 amide bonds. The first-order valence-corrected chi connectivity index (χ1v) is 9.52. The Morgan fingerprint density at radius 3 is 2.60 bits per heavy atom. The van der Waals surface area contributed by atoms with Gasteiger partial charge >= 0.3 is 0 Å². The summed E-state index contributed by atoms with van der Waals surface area (Å²) in [6, 6.07) is 1.22. The molecule has 1 aliphatic heterocycles. The molecule has 4 N–H and O–H groups in total. The largest absolute Gasteiger partial charge is 0.507 e. The van der Waals surface area contributed by atoms with Crippen LogP contribution in [-0.4, -0.2) is 47.0 Å². The molecule has 1 aromatic carbocycles. The molecule has 3 rings (SSSR count). The van der Waals surface area contributed by atoms with E-state index >= 15 is 0 Å². The Morgan fingerprint density at radius 1 is 1.40 bits per heavy atom. The van der Waals surface area contributed by atoms with Gasteiger partial charge in [0.1, 0.15) is 17.6 Å². The first kappa shape index (κ1) is 21.6. The van der Waals surface area contributed by atoms with Gasteiger partial charge in [0.15, 0.2) is 11.5 Å². The van der Waals surface area contributed by atoms with Crippen molar-refractivity contribution in [2.75, 3.05) is 7.11 Å². The van der Waals surface area contributed by atoms with Crippen molar-refractivity contribution >= 4 is 17.5 Å². The number of aliphatic hydroxyl groups excluding tert-OH is 1. The second kappa shape index (κ2) is 7.28. The minimum atomic E-state index is -1.11. The molecular formula is C22H25NO7. The molecule has 160 valence electrons. The van der Waals surface area contributed by atoms with Gasteiger partial charge in [-0.2, -0.15) is 0 Å². The Morgan fingerprint density at radius 2 is 2.03 bits per heavy atom. The number of primary amides is 1. The van der Waals surface area contributed by atoms with Crippen LogP contribution in [0.5, 0.6) is 11.5 Å². The maximum atomic E-state index is 13.0. The number of hydrogen-bond donors (Lipinski definition) is 3. The first-order chi connectivity index (χ1) is 14.0. The van der Waals surface area contributed by atoms with Crippen LogP contribution >= 0.6 is 0 Å². The highest BCUT2D eigenvalue weighted by Crippen LogP contribution is 2.53. The van der Waals surface area contributed by atoms with E-state index in [1.54, 1.807) is 20.8 Å². The smallest absolute Gasteiger partial charge is 0.244 e. The first-order valence-electron chi connectivity index (χ1n) is 9.52. The Labute approximate surface area is 174 Å². The number of methoxy groups -OCH3 is 1. The lowest BCUT2D eigenvalue weighted by Gasteiger charge is -2.33. The van der Waals surface area contributed by atoms with E-state index in [2.05, 4.69) is 0 Å². The van der Waals surface area contributed by atoms with E-state index in [0.29, 0.717) is 5.57 Å². The molecule has 1 aliphatic carbocycles. The van der Waals surface area contributed by atoms with Gasteiger partial charge in [-0.1, -0.05) is 6.08 Å². The molecule has 8 heteroatoms. The van der Waals surface area contributed by atoms with Crippen molar-refractivity contribution in [1.82, 2.24) is 0 Å². The monoisotopic (exact) mass is 415 g/mol. The molecule has 8 nitrogen and oxygen atoms in total. The Bertz CT molecular complexity index is 1040. The molecular weight excluding hydrogens is 390 g/mol. The molecule has 30 heavy (non-hydrogen) atoms. The maximum absolute atomic E-state index is 13.0. The van der Waals surface area contributed by atoms with Crippen LogP contribution in [0, 0.1) is 0 Å². The number of carbonyl (C=O) groups excluding carboxylic acids is 3. The predicted molar refractivity (Wildman–Crippen MR) is 107 cm³/mol. The predicted octanol–water partition coefficient (Wildman–Crippen LogP) is 1.91. The number of rotatable bonds is 5. The highest BCUT2D eigenvalue weighted by Gasteiger charge is 2.52. The fourth-order valence-electron chi connectivity index (χ4n) is 4.09. The van der Waals surface area contributed by atoms with E-state index in [-0.39, 0.29) is 45.9 Å². The van der Waals surface area contributed by atoms with Crippen molar-refractivity contribution in [3.05, 3.63) is 45.7 Å². The van der Waals surface area contributed by atoms with Gasteiger partial charge in [0.05, 0.1) is 24.2 Å². The maximum Gasteiger partial charge on any atom is 0.244 e. The summed E-state index contributed by atoms with van der Waals surface area (Å²) in [5, 5.41) is 21.7. The van der Waals surface area contributed by atoms with E-state index in [4.69, 9.17) is 15.2 Å². The van der Waals surface area contributed by atoms with E-state index in [0.717, 1.165) is 0 Å². The second-order valence-electron chi connectivity index (χ2n) is 7.88. The third-order valence-electron chi connectivity index (χ3n) is 6.23. The Hall–Kier alpha value is -3.13. The third-order valence-corrected chi connectivity index (χ3v) is 6.23. The summed E-state index contributed by atoms with van der Waals surface area (Å²) in [5.74, 6) is -1.81. The topological polar surface area (TPSA) is 136 Å². The minimum Gasteiger partial charge on any atom is -0.507 e. The van der Waals surface area contributed by atoms with Crippen molar-refractivity contribution in [3.8, 4) is 11.5 Å². The number of allylic oxidation sites excluding steroid dienone is 2. The molecule has 0 aromatic heterocycles. The van der Waals surface area contributed by atoms with Gasteiger partial charge in [-0.15, -0.1) is 0 Å². The molecule has 0 radical (unpaired) electrons. The average molecular weight is 415 g/mol. The van der Waals surface area contributed by atoms with Crippen molar-refractivity contribution in [2.45, 2.75) is 51.7 Å². The molecule has 2 aliphatic rings. The second-order valence-corrected chi connectivity index (χ2v) is 7.88. The fraction of sp³-hybridized carbons (Fsp3) is 0.409. The van der Waals surface area contributed by atoms with Crippen molar-refractivity contribution < 1.29 is 34.1 Å². The molecule has 0 fully saturated rings. The van der Waals surface area contributed by atoms with Gasteiger partial charge in [0, 0.05) is 22.3 Å². The number of Topliss-reactive ketones (excluding diaryl/α,β-unsaturated/α-hetero) is 2. The summed E-state index contributed by atoms with van der Waals surface area (Å²) in [6.45, 7) is 6.44. The number of ether oxygens (including phenoxy) is 2. The van der Waals surface area contributed by atoms with Crippen molar-refractivity contribution in [2.24, 2.45) is 5.73 Å². The van der Waals surface area contributed by atoms with Crippen LogP contribution in [0.4, 0.5) is 0 Å². The fourth-order valence-corrected chi connectivity index (χ4v) is 4.09. The number of fused-ring (bicyclic) bond motifs is 3. The Kier molecular flexibility index (Phi) is 5.24. The summed E-state index contributed by atoms with van der Waals surface area (Å²) in [6.07, 6.45) is -0.0925. The van der Waals surface area contributed by atoms with Gasteiger partial charge in [0.25, 0.3) is 0 Å². The number of aliphatic hydroxyl groups is 1. The van der Waals surface area contributed by atoms with Crippen LogP contribution in [0.3, 0.4) is 0 Å². The molecule has 0 saturated heterocycles. The summed E-state index contributed by atoms with van der Waals surface area (Å²) in [5.41, 5.74) is 4.88. The number of ketones is 2. The molecule has 1 aromatic rings. The number of nitrogens with two attached hydrogens (primary N) is 1. The highest BCUT2D eigenvalue weighted by atomic mass is 16.5. The van der Waals surface area contributed by atoms with E-state index in [1.807, 2.05) is 0 Å². The number of hydrogen-bond acceptors (Lipinski definition) is 7. The average Bonchev–Trinajstić information content (AvgIpc) is 2.96. The summed E-state index contributed by atoms with van der Waals surface area (Å²) >= 11 is 0. The normalized spacial score (nSPS) is 24.3. The van der Waals surface area contributed by atoms with Crippen LogP contribution in [0.2, 0.25) is 0 Å². The van der Waals surface area contributed by atoms with E-state index in [1.165, 1.54) is 26.2 Å². The summed E-state index contributed by atoms with van der Waals surface area (Å²) in [7, 11) is 1.30. The summed E-state index contributed by atoms with van der Waals surface area (Å²) < 4.78 is 11.0. The van der Waals surface area contributed by atoms with Crippen LogP contribution < -0.4 is 10.5 Å². The van der Waals surface area contributed by atoms with E-state index in [9.17, 15) is 24.6 Å². The van der Waals surface area contributed by atoms with E-state index < -0.39 is 35.1 Å². The third kappa shape index (κ3) is 2.90. The van der Waals surface area contributed by atoms with Crippen LogP contribution in [0.1, 0.15) is 60.4 Å². The van der Waals surface area contributed by atoms with Gasteiger partial charge in [-0.05, 0) is 40.2 Å². The van der Waals surface area contributed by atoms with Crippen LogP contribution in [0.25, 0.3) is 0 Å². The zero-order valence-electron chi connectivity index (χ0n) is 17.5. The number of phenolic OH excluding ortho intramolecular Hbond substituents is 1. The van der Waals surface area contributed by atoms with Crippen molar-refractivity contribution in [3.63, 3.8) is 0 Å². The molecule has 0 spiro atoms. The minimum absolute atomic E-state index is 0.00546. The summed E-state index contributed by atoms with van der Waals surface area (Å²) in [4.78, 5) is 37.0. The lowest BCUT2D eigenvalue weighted by atomic mass is 9.71. The molecule has 0 unspecified atom stereocenters. The van der Waals surface area contributed by atoms with Crippen LogP contribution in [0.15, 0.2) is 29.0 Å². The standard InChI is InChI=1S/C22H25NO7/c1-9(21(23)28)6-7-14(25)22(4)11(3)30-20-15-12(8-13(24)16(20)22)18(27)19(29-5)10(2)17(15)26/h6,8,11,14,24-25H,7H2,1-5H3,(H2,23,28)/t11-,14-,22-/m1/s1. The molecule has 0 saturated carbocycles. The zero-order chi connectivity index (χ0) is 22.5. The van der Waals surface area contributed by atoms with Gasteiger partial charge < -0.3 is 25.4 Å². The quantitative estimate of drug-likeness (QED) is 0.625. The lowest BCUT2D eigenvalue weighted by Crippen LogP contribution is -2.44.